The van der Waals surface area contributed by atoms with Crippen molar-refractivity contribution in [3.05, 3.63) is 59.2 Å². The smallest absolute Gasteiger partial charge is 0.265 e. The fourth-order valence-electron chi connectivity index (χ4n) is 2.80. The van der Waals surface area contributed by atoms with Crippen LogP contribution in [0.3, 0.4) is 0 Å². The van der Waals surface area contributed by atoms with E-state index in [2.05, 4.69) is 34.0 Å². The van der Waals surface area contributed by atoms with E-state index >= 15 is 0 Å². The van der Waals surface area contributed by atoms with Crippen LogP contribution in [0.1, 0.15) is 29.4 Å². The molecule has 0 amide bonds. The summed E-state index contributed by atoms with van der Waals surface area (Å²) >= 11 is 0. The third-order valence-corrected chi connectivity index (χ3v) is 5.75. The van der Waals surface area contributed by atoms with Gasteiger partial charge < -0.3 is 0 Å². The van der Waals surface area contributed by atoms with E-state index in [1.54, 1.807) is 11.6 Å². The van der Waals surface area contributed by atoms with Gasteiger partial charge in [-0.3, -0.25) is 14.1 Å². The van der Waals surface area contributed by atoms with Crippen LogP contribution >= 0.6 is 0 Å². The lowest BCUT2D eigenvalue weighted by Crippen LogP contribution is -2.14. The zero-order chi connectivity index (χ0) is 18.9. The second kappa shape index (κ2) is 6.95. The van der Waals surface area contributed by atoms with Gasteiger partial charge in [0.05, 0.1) is 29.8 Å². The number of hydrogen-bond acceptors (Lipinski definition) is 4. The molecule has 3 aromatic rings. The standard InChI is InChI=1S/C18H23N5O2S/c1-5-22-12-17(10-19-22)26(24,25)21-18-14(3)20-23(15(18)4)11-16-9-7-6-8-13(16)2/h6-10,12,21H,5,11H2,1-4H3. The van der Waals surface area contributed by atoms with Crippen LogP contribution in [-0.4, -0.2) is 28.0 Å². The monoisotopic (exact) mass is 373 g/mol. The van der Waals surface area contributed by atoms with Crippen LogP contribution in [0, 0.1) is 20.8 Å². The van der Waals surface area contributed by atoms with Crippen LogP contribution in [0.4, 0.5) is 5.69 Å². The summed E-state index contributed by atoms with van der Waals surface area (Å²) in [5, 5.41) is 8.55. The second-order valence-electron chi connectivity index (χ2n) is 6.27. The van der Waals surface area contributed by atoms with Crippen molar-refractivity contribution >= 4 is 15.7 Å². The Morgan fingerprint density at radius 1 is 1.15 bits per heavy atom. The molecule has 26 heavy (non-hydrogen) atoms. The molecule has 0 bridgehead atoms. The number of sulfonamides is 1. The molecule has 0 fully saturated rings. The molecule has 0 atom stereocenters. The normalized spacial score (nSPS) is 11.7. The minimum Gasteiger partial charge on any atom is -0.276 e. The zero-order valence-electron chi connectivity index (χ0n) is 15.4. The molecule has 138 valence electrons. The van der Waals surface area contributed by atoms with Crippen molar-refractivity contribution in [1.82, 2.24) is 19.6 Å². The van der Waals surface area contributed by atoms with Gasteiger partial charge in [-0.05, 0) is 38.8 Å². The first kappa shape index (κ1) is 18.2. The zero-order valence-corrected chi connectivity index (χ0v) is 16.2. The molecule has 2 heterocycles. The summed E-state index contributed by atoms with van der Waals surface area (Å²) in [5.41, 5.74) is 4.26. The van der Waals surface area contributed by atoms with E-state index in [0.29, 0.717) is 24.5 Å². The lowest BCUT2D eigenvalue weighted by molar-refractivity contribution is 0.600. The van der Waals surface area contributed by atoms with Gasteiger partial charge in [-0.15, -0.1) is 0 Å². The van der Waals surface area contributed by atoms with Gasteiger partial charge >= 0.3 is 0 Å². The van der Waals surface area contributed by atoms with Crippen LogP contribution in [0.15, 0.2) is 41.6 Å². The van der Waals surface area contributed by atoms with Crippen molar-refractivity contribution in [3.63, 3.8) is 0 Å². The summed E-state index contributed by atoms with van der Waals surface area (Å²) in [7, 11) is -3.70. The summed E-state index contributed by atoms with van der Waals surface area (Å²) in [6.45, 7) is 8.83. The van der Waals surface area contributed by atoms with Crippen LogP contribution < -0.4 is 4.72 Å². The number of benzene rings is 1. The van der Waals surface area contributed by atoms with Crippen molar-refractivity contribution in [2.45, 2.75) is 45.7 Å². The Morgan fingerprint density at radius 2 is 1.88 bits per heavy atom. The van der Waals surface area contributed by atoms with Crippen LogP contribution in [0.2, 0.25) is 0 Å². The SMILES string of the molecule is CCn1cc(S(=O)(=O)Nc2c(C)nn(Cc3ccccc3C)c2C)cn1. The van der Waals surface area contributed by atoms with E-state index in [9.17, 15) is 8.42 Å². The fourth-order valence-corrected chi connectivity index (χ4v) is 3.93. The first-order valence-electron chi connectivity index (χ1n) is 8.45. The summed E-state index contributed by atoms with van der Waals surface area (Å²) in [5.74, 6) is 0. The predicted octanol–water partition coefficient (Wildman–Crippen LogP) is 2.87. The molecule has 0 spiro atoms. The third kappa shape index (κ3) is 3.50. The molecular weight excluding hydrogens is 350 g/mol. The minimum atomic E-state index is -3.70. The predicted molar refractivity (Wildman–Crippen MR) is 101 cm³/mol. The van der Waals surface area contributed by atoms with Crippen molar-refractivity contribution in [1.29, 1.82) is 0 Å². The molecule has 2 aromatic heterocycles. The Bertz CT molecular complexity index is 1030. The lowest BCUT2D eigenvalue weighted by atomic mass is 10.1. The molecule has 8 heteroatoms. The van der Waals surface area contributed by atoms with E-state index in [1.807, 2.05) is 30.7 Å². The summed E-state index contributed by atoms with van der Waals surface area (Å²) < 4.78 is 31.4. The molecule has 1 N–H and O–H groups in total. The van der Waals surface area contributed by atoms with Crippen LogP contribution in [0.5, 0.6) is 0 Å². The fraction of sp³-hybridized carbons (Fsp3) is 0.333. The quantitative estimate of drug-likeness (QED) is 0.720. The number of nitrogens with one attached hydrogen (secondary N) is 1. The van der Waals surface area contributed by atoms with Gasteiger partial charge in [-0.2, -0.15) is 10.2 Å². The Labute approximate surface area is 153 Å². The number of nitrogens with zero attached hydrogens (tertiary/aromatic N) is 4. The first-order chi connectivity index (χ1) is 12.3. The van der Waals surface area contributed by atoms with Crippen molar-refractivity contribution < 1.29 is 8.42 Å². The Kier molecular flexibility index (Phi) is 4.86. The van der Waals surface area contributed by atoms with Gasteiger partial charge in [-0.25, -0.2) is 8.42 Å². The van der Waals surface area contributed by atoms with Gasteiger partial charge in [0.25, 0.3) is 10.0 Å². The lowest BCUT2D eigenvalue weighted by Gasteiger charge is -2.09. The highest BCUT2D eigenvalue weighted by atomic mass is 32.2. The average molecular weight is 373 g/mol. The van der Waals surface area contributed by atoms with Crippen LogP contribution in [0.25, 0.3) is 0 Å². The molecular formula is C18H23N5O2S. The van der Waals surface area contributed by atoms with E-state index in [4.69, 9.17) is 0 Å². The maximum atomic E-state index is 12.7. The molecule has 3 rings (SSSR count). The number of aryl methyl sites for hydroxylation is 3. The molecule has 0 aliphatic heterocycles. The molecule has 0 saturated heterocycles. The first-order valence-corrected chi connectivity index (χ1v) is 9.94. The minimum absolute atomic E-state index is 0.143. The summed E-state index contributed by atoms with van der Waals surface area (Å²) in [6.07, 6.45) is 2.87. The van der Waals surface area contributed by atoms with Crippen molar-refractivity contribution in [3.8, 4) is 0 Å². The van der Waals surface area contributed by atoms with Gasteiger partial charge in [0.2, 0.25) is 0 Å². The summed E-state index contributed by atoms with van der Waals surface area (Å²) in [6, 6.07) is 8.09. The third-order valence-electron chi connectivity index (χ3n) is 4.44. The van der Waals surface area contributed by atoms with Crippen molar-refractivity contribution in [2.75, 3.05) is 4.72 Å². The maximum Gasteiger partial charge on any atom is 0.265 e. The Hall–Kier alpha value is -2.61. The van der Waals surface area contributed by atoms with E-state index in [0.717, 1.165) is 11.3 Å². The molecule has 0 unspecified atom stereocenters. The molecule has 0 saturated carbocycles. The highest BCUT2D eigenvalue weighted by Gasteiger charge is 2.21. The highest BCUT2D eigenvalue weighted by molar-refractivity contribution is 7.92. The number of aromatic nitrogens is 4. The van der Waals surface area contributed by atoms with Gasteiger partial charge in [-0.1, -0.05) is 24.3 Å². The van der Waals surface area contributed by atoms with Gasteiger partial charge in [0.15, 0.2) is 0 Å². The molecule has 1 aromatic carbocycles. The van der Waals surface area contributed by atoms with E-state index in [1.165, 1.54) is 18.0 Å². The maximum absolute atomic E-state index is 12.7. The molecule has 0 aliphatic rings. The second-order valence-corrected chi connectivity index (χ2v) is 7.95. The topological polar surface area (TPSA) is 81.8 Å². The Balaban J connectivity index is 1.89. The number of rotatable bonds is 6. The number of hydrogen-bond donors (Lipinski definition) is 1. The molecule has 0 radical (unpaired) electrons. The van der Waals surface area contributed by atoms with E-state index < -0.39 is 10.0 Å². The van der Waals surface area contributed by atoms with E-state index in [-0.39, 0.29) is 4.90 Å². The summed E-state index contributed by atoms with van der Waals surface area (Å²) in [4.78, 5) is 0.143. The van der Waals surface area contributed by atoms with Gasteiger partial charge in [0.1, 0.15) is 4.90 Å². The van der Waals surface area contributed by atoms with Crippen LogP contribution in [-0.2, 0) is 23.1 Å². The highest BCUT2D eigenvalue weighted by Crippen LogP contribution is 2.24. The van der Waals surface area contributed by atoms with Gasteiger partial charge in [0, 0.05) is 12.7 Å². The average Bonchev–Trinajstić information content (AvgIpc) is 3.18. The number of anilines is 1. The molecule has 0 aliphatic carbocycles. The van der Waals surface area contributed by atoms with Crippen molar-refractivity contribution in [2.24, 2.45) is 0 Å². The Morgan fingerprint density at radius 3 is 2.54 bits per heavy atom. The molecule has 7 nitrogen and oxygen atoms in total. The largest absolute Gasteiger partial charge is 0.276 e.